The van der Waals surface area contributed by atoms with Crippen LogP contribution in [0.25, 0.3) is 11.0 Å². The van der Waals surface area contributed by atoms with Crippen molar-refractivity contribution in [1.82, 2.24) is 14.3 Å². The van der Waals surface area contributed by atoms with Gasteiger partial charge in [0.25, 0.3) is 5.56 Å². The molecule has 0 atom stereocenters. The summed E-state index contributed by atoms with van der Waals surface area (Å²) in [5.41, 5.74) is 1.96. The second-order valence-electron chi connectivity index (χ2n) is 6.61. The molecule has 0 bridgehead atoms. The van der Waals surface area contributed by atoms with Crippen molar-refractivity contribution in [1.29, 1.82) is 0 Å². The highest BCUT2D eigenvalue weighted by Crippen LogP contribution is 2.34. The molecule has 0 radical (unpaired) electrons. The lowest BCUT2D eigenvalue weighted by atomic mass is 10.1. The molecule has 0 amide bonds. The highest BCUT2D eigenvalue weighted by atomic mass is 32.2. The third-order valence-electron chi connectivity index (χ3n) is 4.77. The Morgan fingerprint density at radius 2 is 1.79 bits per heavy atom. The molecule has 1 aliphatic heterocycles. The van der Waals surface area contributed by atoms with Crippen LogP contribution in [0.15, 0.2) is 87.6 Å². The standard InChI is InChI=1S/C22H16N4O2S/c27-19-15-9-6-12-23-21(15)26(13-14-7-2-1-3-8-14)22(28)18(19)20-24-16-10-4-5-11-17(16)29-25-20/h1-12,27H,13H2,(H,24,25). The Balaban J connectivity index is 1.75. The van der Waals surface area contributed by atoms with E-state index < -0.39 is 0 Å². The highest BCUT2D eigenvalue weighted by molar-refractivity contribution is 7.98. The molecule has 2 aromatic heterocycles. The molecule has 0 fully saturated rings. The SMILES string of the molecule is O=c1c(C2=Nc3ccccc3SN2)c(O)c2cccnc2n1Cc1ccccc1. The van der Waals surface area contributed by atoms with Crippen molar-refractivity contribution in [3.05, 3.63) is 94.4 Å². The van der Waals surface area contributed by atoms with Crippen LogP contribution < -0.4 is 10.3 Å². The summed E-state index contributed by atoms with van der Waals surface area (Å²) in [4.78, 5) is 23.4. The normalized spacial score (nSPS) is 12.9. The van der Waals surface area contributed by atoms with Crippen LogP contribution in [0.1, 0.15) is 11.1 Å². The number of fused-ring (bicyclic) bond motifs is 2. The predicted molar refractivity (Wildman–Crippen MR) is 115 cm³/mol. The molecule has 0 saturated carbocycles. The maximum atomic E-state index is 13.5. The summed E-state index contributed by atoms with van der Waals surface area (Å²) >= 11 is 1.37. The Bertz CT molecular complexity index is 1320. The van der Waals surface area contributed by atoms with Crippen molar-refractivity contribution in [3.63, 3.8) is 0 Å². The molecule has 7 heteroatoms. The van der Waals surface area contributed by atoms with Gasteiger partial charge in [0.05, 0.1) is 22.5 Å². The summed E-state index contributed by atoms with van der Waals surface area (Å²) in [7, 11) is 0. The van der Waals surface area contributed by atoms with Gasteiger partial charge in [-0.2, -0.15) is 0 Å². The number of aliphatic imine (C=N–C) groups is 1. The van der Waals surface area contributed by atoms with Gasteiger partial charge in [-0.3, -0.25) is 9.36 Å². The molecule has 0 unspecified atom stereocenters. The molecule has 4 aromatic rings. The van der Waals surface area contributed by atoms with E-state index in [0.29, 0.717) is 23.4 Å². The first-order valence-electron chi connectivity index (χ1n) is 9.08. The van der Waals surface area contributed by atoms with E-state index in [2.05, 4.69) is 14.7 Å². The first kappa shape index (κ1) is 17.5. The van der Waals surface area contributed by atoms with Gasteiger partial charge in [0.2, 0.25) is 0 Å². The van der Waals surface area contributed by atoms with Crippen LogP contribution in [0.3, 0.4) is 0 Å². The fourth-order valence-corrected chi connectivity index (χ4v) is 4.10. The van der Waals surface area contributed by atoms with E-state index >= 15 is 0 Å². The number of aromatic hydroxyl groups is 1. The predicted octanol–water partition coefficient (Wildman–Crippen LogP) is 3.84. The molecule has 5 rings (SSSR count). The summed E-state index contributed by atoms with van der Waals surface area (Å²) in [5, 5.41) is 11.4. The van der Waals surface area contributed by atoms with Crippen molar-refractivity contribution >= 4 is 34.5 Å². The molecule has 0 aliphatic carbocycles. The fourth-order valence-electron chi connectivity index (χ4n) is 3.38. The fraction of sp³-hybridized carbons (Fsp3) is 0.0455. The third kappa shape index (κ3) is 3.05. The average molecular weight is 400 g/mol. The molecule has 29 heavy (non-hydrogen) atoms. The van der Waals surface area contributed by atoms with Gasteiger partial charge in [-0.15, -0.1) is 0 Å². The van der Waals surface area contributed by atoms with Gasteiger partial charge >= 0.3 is 0 Å². The Labute approximate surface area is 170 Å². The van der Waals surface area contributed by atoms with E-state index in [1.165, 1.54) is 11.9 Å². The van der Waals surface area contributed by atoms with Crippen molar-refractivity contribution < 1.29 is 5.11 Å². The summed E-state index contributed by atoms with van der Waals surface area (Å²) in [5.74, 6) is 0.220. The first-order valence-corrected chi connectivity index (χ1v) is 9.89. The van der Waals surface area contributed by atoms with E-state index in [4.69, 9.17) is 0 Å². The number of nitrogens with one attached hydrogen (secondary N) is 1. The maximum Gasteiger partial charge on any atom is 0.267 e. The van der Waals surface area contributed by atoms with Gasteiger partial charge in [-0.1, -0.05) is 42.5 Å². The zero-order chi connectivity index (χ0) is 19.8. The van der Waals surface area contributed by atoms with E-state index in [-0.39, 0.29) is 16.9 Å². The zero-order valence-corrected chi connectivity index (χ0v) is 16.1. The summed E-state index contributed by atoms with van der Waals surface area (Å²) in [6.07, 6.45) is 1.62. The molecule has 0 saturated heterocycles. The number of para-hydroxylation sites is 1. The Morgan fingerprint density at radius 3 is 2.66 bits per heavy atom. The van der Waals surface area contributed by atoms with Crippen LogP contribution in [-0.2, 0) is 6.54 Å². The van der Waals surface area contributed by atoms with Crippen LogP contribution in [0, 0.1) is 0 Å². The minimum absolute atomic E-state index is 0.117. The smallest absolute Gasteiger partial charge is 0.267 e. The molecule has 142 valence electrons. The van der Waals surface area contributed by atoms with Gasteiger partial charge in [0, 0.05) is 6.20 Å². The van der Waals surface area contributed by atoms with Crippen LogP contribution in [0.4, 0.5) is 5.69 Å². The zero-order valence-electron chi connectivity index (χ0n) is 15.2. The van der Waals surface area contributed by atoms with Crippen LogP contribution in [0.5, 0.6) is 5.75 Å². The van der Waals surface area contributed by atoms with Gasteiger partial charge in [-0.05, 0) is 41.8 Å². The van der Waals surface area contributed by atoms with E-state index in [9.17, 15) is 9.90 Å². The quantitative estimate of drug-likeness (QED) is 0.511. The lowest BCUT2D eigenvalue weighted by Crippen LogP contribution is -2.33. The molecule has 6 nitrogen and oxygen atoms in total. The molecule has 1 aliphatic rings. The van der Waals surface area contributed by atoms with Crippen molar-refractivity contribution in [2.75, 3.05) is 0 Å². The molecule has 2 aromatic carbocycles. The van der Waals surface area contributed by atoms with E-state index in [0.717, 1.165) is 16.1 Å². The topological polar surface area (TPSA) is 79.5 Å². The molecule has 2 N–H and O–H groups in total. The Hall–Kier alpha value is -3.58. The summed E-state index contributed by atoms with van der Waals surface area (Å²) < 4.78 is 4.68. The molecular weight excluding hydrogens is 384 g/mol. The second kappa shape index (κ2) is 7.10. The Kier molecular flexibility index (Phi) is 4.29. The number of pyridine rings is 2. The van der Waals surface area contributed by atoms with Crippen LogP contribution in [-0.4, -0.2) is 20.5 Å². The lowest BCUT2D eigenvalue weighted by molar-refractivity contribution is 0.477. The lowest BCUT2D eigenvalue weighted by Gasteiger charge is -2.19. The minimum atomic E-state index is -0.344. The first-order chi connectivity index (χ1) is 14.2. The van der Waals surface area contributed by atoms with Crippen molar-refractivity contribution in [2.45, 2.75) is 11.4 Å². The van der Waals surface area contributed by atoms with Gasteiger partial charge in [0.1, 0.15) is 17.0 Å². The number of benzene rings is 2. The summed E-state index contributed by atoms with van der Waals surface area (Å²) in [6.45, 7) is 0.345. The summed E-state index contributed by atoms with van der Waals surface area (Å²) in [6, 6.07) is 20.8. The van der Waals surface area contributed by atoms with Gasteiger partial charge in [-0.25, -0.2) is 9.98 Å². The number of hydrogen-bond acceptors (Lipinski definition) is 6. The molecule has 3 heterocycles. The molecule has 0 spiro atoms. The monoisotopic (exact) mass is 400 g/mol. The van der Waals surface area contributed by atoms with Crippen molar-refractivity contribution in [3.8, 4) is 5.75 Å². The number of aromatic nitrogens is 2. The van der Waals surface area contributed by atoms with E-state index in [1.54, 1.807) is 22.9 Å². The largest absolute Gasteiger partial charge is 0.506 e. The Morgan fingerprint density at radius 1 is 1.00 bits per heavy atom. The number of nitrogens with zero attached hydrogens (tertiary/aromatic N) is 3. The van der Waals surface area contributed by atoms with Crippen LogP contribution >= 0.6 is 11.9 Å². The molecular formula is C22H16N4O2S. The third-order valence-corrected chi connectivity index (χ3v) is 5.63. The average Bonchev–Trinajstić information content (AvgIpc) is 2.77. The number of amidine groups is 1. The number of rotatable bonds is 3. The highest BCUT2D eigenvalue weighted by Gasteiger charge is 2.24. The number of hydrogen-bond donors (Lipinski definition) is 2. The van der Waals surface area contributed by atoms with E-state index in [1.807, 2.05) is 54.6 Å². The van der Waals surface area contributed by atoms with Crippen molar-refractivity contribution in [2.24, 2.45) is 4.99 Å². The second-order valence-corrected chi connectivity index (χ2v) is 7.46. The van der Waals surface area contributed by atoms with Gasteiger partial charge < -0.3 is 9.83 Å². The van der Waals surface area contributed by atoms with Crippen LogP contribution in [0.2, 0.25) is 0 Å². The maximum absolute atomic E-state index is 13.5. The van der Waals surface area contributed by atoms with Gasteiger partial charge in [0.15, 0.2) is 5.84 Å². The minimum Gasteiger partial charge on any atom is -0.506 e.